The van der Waals surface area contributed by atoms with Crippen molar-refractivity contribution in [1.29, 1.82) is 0 Å². The molecule has 1 aromatic heterocycles. The van der Waals surface area contributed by atoms with Crippen molar-refractivity contribution >= 4 is 35.6 Å². The minimum absolute atomic E-state index is 0.0672. The smallest absolute Gasteiger partial charge is 0.415 e. The fraction of sp³-hybridized carbons (Fsp3) is 0.319. The SMILES string of the molecule is Cc1cc(COC(=O)Nc2cccc3c2CN(C2CCC(=O)NC2=O)C3=O)cc(C)c1OC(=O)N1CCN(Cc2ccc(-c3c(-c4cc(C(C)C)c(O)cc4O)[nH][nH]c3=O)cc2F)CC1. The molecular formula is C47H48FN7O10. The van der Waals surface area contributed by atoms with Gasteiger partial charge in [-0.25, -0.2) is 14.0 Å². The van der Waals surface area contributed by atoms with E-state index in [9.17, 15) is 39.0 Å². The number of carbonyl (C=O) groups excluding carboxylic acids is 5. The Labute approximate surface area is 372 Å². The molecular weight excluding hydrogens is 842 g/mol. The molecule has 338 valence electrons. The average molecular weight is 890 g/mol. The van der Waals surface area contributed by atoms with E-state index in [0.29, 0.717) is 82.1 Å². The molecule has 2 saturated heterocycles. The number of H-pyrrole nitrogens is 2. The first kappa shape index (κ1) is 44.1. The molecule has 6 N–H and O–H groups in total. The third-order valence-corrected chi connectivity index (χ3v) is 12.1. The molecule has 2 fully saturated rings. The summed E-state index contributed by atoms with van der Waals surface area (Å²) < 4.78 is 27.0. The van der Waals surface area contributed by atoms with Crippen molar-refractivity contribution in [2.45, 2.75) is 72.2 Å². The molecule has 0 saturated carbocycles. The largest absolute Gasteiger partial charge is 0.508 e. The van der Waals surface area contributed by atoms with E-state index in [4.69, 9.17) is 9.47 Å². The number of piperazine rings is 1. The number of benzene rings is 4. The molecule has 3 aliphatic heterocycles. The zero-order valence-corrected chi connectivity index (χ0v) is 36.2. The maximum Gasteiger partial charge on any atom is 0.415 e. The highest BCUT2D eigenvalue weighted by Gasteiger charge is 2.40. The fourth-order valence-corrected chi connectivity index (χ4v) is 8.69. The van der Waals surface area contributed by atoms with Gasteiger partial charge >= 0.3 is 12.2 Å². The zero-order valence-electron chi connectivity index (χ0n) is 36.2. The first-order chi connectivity index (χ1) is 31.1. The lowest BCUT2D eigenvalue weighted by molar-refractivity contribution is -0.136. The molecule has 1 atom stereocenters. The van der Waals surface area contributed by atoms with Crippen LogP contribution in [0.3, 0.4) is 0 Å². The summed E-state index contributed by atoms with van der Waals surface area (Å²) in [4.78, 5) is 81.5. The Hall–Kier alpha value is -7.47. The lowest BCUT2D eigenvalue weighted by Gasteiger charge is -2.34. The maximum atomic E-state index is 15.7. The second-order valence-corrected chi connectivity index (χ2v) is 16.8. The highest BCUT2D eigenvalue weighted by atomic mass is 19.1. The number of aryl methyl sites for hydroxylation is 2. The summed E-state index contributed by atoms with van der Waals surface area (Å²) in [5, 5.41) is 31.3. The second kappa shape index (κ2) is 18.0. The van der Waals surface area contributed by atoms with Crippen LogP contribution in [0.5, 0.6) is 17.2 Å². The molecule has 8 rings (SSSR count). The number of ether oxygens (including phenoxy) is 2. The predicted molar refractivity (Wildman–Crippen MR) is 235 cm³/mol. The number of halogens is 1. The number of phenolic OH excluding ortho intramolecular Hbond substituents is 2. The van der Waals surface area contributed by atoms with Crippen LogP contribution in [-0.2, 0) is 34.0 Å². The topological polar surface area (TPSA) is 227 Å². The van der Waals surface area contributed by atoms with E-state index in [-0.39, 0.29) is 78.6 Å². The molecule has 4 heterocycles. The molecule has 17 nitrogen and oxygen atoms in total. The van der Waals surface area contributed by atoms with Crippen molar-refractivity contribution < 1.29 is 48.0 Å². The van der Waals surface area contributed by atoms with Gasteiger partial charge in [0.15, 0.2) is 0 Å². The Bertz CT molecular complexity index is 2790. The summed E-state index contributed by atoms with van der Waals surface area (Å²) in [6, 6.07) is 15.0. The van der Waals surface area contributed by atoms with Crippen molar-refractivity contribution in [1.82, 2.24) is 30.2 Å². The van der Waals surface area contributed by atoms with Gasteiger partial charge in [-0.2, -0.15) is 0 Å². The molecule has 5 amide bonds. The summed E-state index contributed by atoms with van der Waals surface area (Å²) in [5.74, 6) is -1.80. The number of aromatic amines is 2. The molecule has 0 spiro atoms. The number of piperidine rings is 1. The number of phenols is 2. The van der Waals surface area contributed by atoms with Crippen LogP contribution in [0.4, 0.5) is 19.7 Å². The summed E-state index contributed by atoms with van der Waals surface area (Å²) in [6.45, 7) is 9.15. The van der Waals surface area contributed by atoms with Crippen LogP contribution in [0.15, 0.2) is 65.5 Å². The molecule has 5 aromatic rings. The lowest BCUT2D eigenvalue weighted by Crippen LogP contribution is -2.52. The Morgan fingerprint density at radius 1 is 0.908 bits per heavy atom. The van der Waals surface area contributed by atoms with E-state index in [2.05, 4.69) is 20.8 Å². The number of imide groups is 1. The third-order valence-electron chi connectivity index (χ3n) is 12.1. The molecule has 1 unspecified atom stereocenters. The number of nitrogens with zero attached hydrogens (tertiary/aromatic N) is 3. The molecule has 65 heavy (non-hydrogen) atoms. The van der Waals surface area contributed by atoms with Gasteiger partial charge in [-0.15, -0.1) is 0 Å². The van der Waals surface area contributed by atoms with Gasteiger partial charge in [0.05, 0.1) is 11.3 Å². The van der Waals surface area contributed by atoms with Gasteiger partial charge in [0.1, 0.15) is 35.7 Å². The number of aromatic hydroxyl groups is 2. The lowest BCUT2D eigenvalue weighted by atomic mass is 9.94. The number of amides is 5. The number of carbonyl (C=O) groups is 5. The van der Waals surface area contributed by atoms with Gasteiger partial charge in [0.25, 0.3) is 11.5 Å². The van der Waals surface area contributed by atoms with E-state index in [1.807, 2.05) is 18.7 Å². The van der Waals surface area contributed by atoms with Crippen LogP contribution in [0.2, 0.25) is 0 Å². The number of aromatic nitrogens is 2. The van der Waals surface area contributed by atoms with E-state index in [0.717, 1.165) is 0 Å². The van der Waals surface area contributed by atoms with Crippen molar-refractivity contribution in [2.75, 3.05) is 31.5 Å². The Morgan fingerprint density at radius 3 is 2.34 bits per heavy atom. The highest BCUT2D eigenvalue weighted by Crippen LogP contribution is 2.40. The summed E-state index contributed by atoms with van der Waals surface area (Å²) in [7, 11) is 0. The van der Waals surface area contributed by atoms with Crippen LogP contribution in [-0.4, -0.2) is 97.2 Å². The van der Waals surface area contributed by atoms with Crippen molar-refractivity contribution in [3.8, 4) is 39.6 Å². The first-order valence-electron chi connectivity index (χ1n) is 21.2. The van der Waals surface area contributed by atoms with E-state index in [1.165, 1.54) is 17.0 Å². The Morgan fingerprint density at radius 2 is 1.65 bits per heavy atom. The predicted octanol–water partition coefficient (Wildman–Crippen LogP) is 6.15. The van der Waals surface area contributed by atoms with Crippen molar-refractivity contribution in [3.05, 3.63) is 116 Å². The van der Waals surface area contributed by atoms with Gasteiger partial charge in [0.2, 0.25) is 11.8 Å². The number of nitrogens with one attached hydrogen (secondary N) is 4. The molecule has 18 heteroatoms. The average Bonchev–Trinajstić information content (AvgIpc) is 3.81. The number of fused-ring (bicyclic) bond motifs is 1. The second-order valence-electron chi connectivity index (χ2n) is 16.8. The van der Waals surface area contributed by atoms with E-state index >= 15 is 4.39 Å². The third kappa shape index (κ3) is 9.02. The van der Waals surface area contributed by atoms with E-state index < -0.39 is 35.5 Å². The summed E-state index contributed by atoms with van der Waals surface area (Å²) >= 11 is 0. The highest BCUT2D eigenvalue weighted by molar-refractivity contribution is 6.06. The van der Waals surface area contributed by atoms with Gasteiger partial charge in [-0.3, -0.25) is 44.9 Å². The van der Waals surface area contributed by atoms with Crippen molar-refractivity contribution in [2.24, 2.45) is 0 Å². The summed E-state index contributed by atoms with van der Waals surface area (Å²) in [6.07, 6.45) is -0.952. The molecule has 0 bridgehead atoms. The van der Waals surface area contributed by atoms with Crippen molar-refractivity contribution in [3.63, 3.8) is 0 Å². The maximum absolute atomic E-state index is 15.7. The van der Waals surface area contributed by atoms with Gasteiger partial charge in [-0.05, 0) is 90.4 Å². The standard InChI is InChI=1S/C47H48FN7O10/c1-24(2)31-19-32(38(57)20-37(31)56)41-40(44(60)52-51-41)28-8-9-29(34(48)18-28)21-53-12-14-54(15-13-53)47(63)65-42-25(3)16-27(17-26(42)4)23-64-46(62)49-35-7-5-6-30-33(35)22-55(45(30)61)36-10-11-39(58)50-43(36)59/h5-9,16-20,24,36,56-57H,10-15,21-23H2,1-4H3,(H,49,62)(H,50,58,59)(H2,51,52,60). The molecule has 0 aliphatic carbocycles. The minimum Gasteiger partial charge on any atom is -0.508 e. The number of rotatable bonds is 10. The minimum atomic E-state index is -0.792. The van der Waals surface area contributed by atoms with Crippen LogP contribution in [0.25, 0.3) is 22.4 Å². The zero-order chi connectivity index (χ0) is 46.3. The van der Waals surface area contributed by atoms with Gasteiger partial charge < -0.3 is 29.5 Å². The van der Waals surface area contributed by atoms with Crippen LogP contribution in [0.1, 0.15) is 76.3 Å². The monoisotopic (exact) mass is 889 g/mol. The van der Waals surface area contributed by atoms with Crippen LogP contribution < -0.4 is 20.9 Å². The Kier molecular flexibility index (Phi) is 12.2. The molecule has 3 aliphatic rings. The van der Waals surface area contributed by atoms with E-state index in [1.54, 1.807) is 67.3 Å². The fourth-order valence-electron chi connectivity index (χ4n) is 8.69. The summed E-state index contributed by atoms with van der Waals surface area (Å²) in [5.41, 5.74) is 4.68. The first-order valence-corrected chi connectivity index (χ1v) is 21.2. The Balaban J connectivity index is 0.834. The quantitative estimate of drug-likeness (QED) is 0.0872. The van der Waals surface area contributed by atoms with Crippen LogP contribution >= 0.6 is 0 Å². The number of anilines is 1. The molecule has 0 radical (unpaired) electrons. The van der Waals surface area contributed by atoms with Gasteiger partial charge in [-0.1, -0.05) is 32.0 Å². The number of hydrogen-bond donors (Lipinski definition) is 6. The number of hydrogen-bond acceptors (Lipinski definition) is 11. The normalized spacial score (nSPS) is 16.5. The van der Waals surface area contributed by atoms with Gasteiger partial charge in [0, 0.05) is 79.7 Å². The molecule has 4 aromatic carbocycles. The van der Waals surface area contributed by atoms with Crippen LogP contribution in [0, 0.1) is 19.7 Å².